The van der Waals surface area contributed by atoms with Crippen LogP contribution in [-0.4, -0.2) is 43.6 Å². The number of allylic oxidation sites excluding steroid dienone is 2. The normalized spacial score (nSPS) is 20.4. The van der Waals surface area contributed by atoms with Gasteiger partial charge in [0.05, 0.1) is 30.4 Å². The smallest absolute Gasteiger partial charge is 0.337 e. The average Bonchev–Trinajstić information content (AvgIpc) is 3.53. The van der Waals surface area contributed by atoms with Crippen molar-refractivity contribution in [3.8, 4) is 0 Å². The quantitative estimate of drug-likeness (QED) is 0.596. The molecule has 0 bridgehead atoms. The molecule has 1 saturated heterocycles. The topological polar surface area (TPSA) is 81.0 Å². The highest BCUT2D eigenvalue weighted by Gasteiger charge is 2.40. The first-order chi connectivity index (χ1) is 16.0. The number of furan rings is 1. The number of esters is 2. The van der Waals surface area contributed by atoms with E-state index in [4.69, 9.17) is 13.9 Å². The van der Waals surface area contributed by atoms with Gasteiger partial charge >= 0.3 is 11.9 Å². The second-order valence-electron chi connectivity index (χ2n) is 8.41. The van der Waals surface area contributed by atoms with Gasteiger partial charge in [-0.05, 0) is 63.4 Å². The number of nitrogens with zero attached hydrogens (tertiary/aromatic N) is 1. The summed E-state index contributed by atoms with van der Waals surface area (Å²) in [6.45, 7) is 6.27. The van der Waals surface area contributed by atoms with Crippen molar-refractivity contribution in [1.82, 2.24) is 10.2 Å². The van der Waals surface area contributed by atoms with E-state index in [1.165, 1.54) is 19.8 Å². The Balaban J connectivity index is 1.65. The summed E-state index contributed by atoms with van der Waals surface area (Å²) in [7, 11) is 1.33. The molecule has 8 heteroatoms. The first-order valence-electron chi connectivity index (χ1n) is 11.3. The molecule has 7 nitrogen and oxygen atoms in total. The van der Waals surface area contributed by atoms with Gasteiger partial charge in [0.25, 0.3) is 0 Å². The number of carbonyl (C=O) groups excluding carboxylic acids is 2. The fraction of sp³-hybridized carbons (Fsp3) is 0.440. The summed E-state index contributed by atoms with van der Waals surface area (Å²) >= 11 is 1.58. The number of carbonyl (C=O) groups is 2. The zero-order valence-corrected chi connectivity index (χ0v) is 20.1. The first-order valence-corrected chi connectivity index (χ1v) is 12.1. The largest absolute Gasteiger partial charge is 0.468 e. The molecule has 4 heterocycles. The molecule has 2 atom stereocenters. The lowest BCUT2D eigenvalue weighted by atomic mass is 9.83. The summed E-state index contributed by atoms with van der Waals surface area (Å²) in [6, 6.07) is 7.47. The van der Waals surface area contributed by atoms with Crippen molar-refractivity contribution in [2.45, 2.75) is 45.1 Å². The van der Waals surface area contributed by atoms with Gasteiger partial charge in [0.15, 0.2) is 0 Å². The number of nitrogens with one attached hydrogen (secondary N) is 1. The molecular weight excluding hydrogens is 440 g/mol. The minimum absolute atomic E-state index is 0.341. The molecule has 0 radical (unpaired) electrons. The summed E-state index contributed by atoms with van der Waals surface area (Å²) in [5, 5.41) is 5.16. The standard InChI is InChI=1S/C25H30N2O5S/c1-16-21(24(28)30-3)23(18-9-7-13-31-18)22(17(2)26-16)25(29)32-19(20-10-8-14-33-20)15-27-11-5-4-6-12-27/h7-10,13-14,19,23,26H,4-6,11-12,15H2,1-3H3. The highest BCUT2D eigenvalue weighted by Crippen LogP contribution is 2.40. The highest BCUT2D eigenvalue weighted by atomic mass is 32.1. The van der Waals surface area contributed by atoms with Gasteiger partial charge in [0, 0.05) is 22.8 Å². The van der Waals surface area contributed by atoms with Gasteiger partial charge in [0.2, 0.25) is 0 Å². The van der Waals surface area contributed by atoms with Crippen molar-refractivity contribution in [3.63, 3.8) is 0 Å². The molecule has 2 aromatic rings. The molecule has 0 aromatic carbocycles. The molecule has 33 heavy (non-hydrogen) atoms. The molecule has 2 aliphatic heterocycles. The maximum Gasteiger partial charge on any atom is 0.337 e. The number of methoxy groups -OCH3 is 1. The van der Waals surface area contributed by atoms with Crippen LogP contribution >= 0.6 is 11.3 Å². The van der Waals surface area contributed by atoms with Crippen LogP contribution in [0.5, 0.6) is 0 Å². The molecule has 0 aliphatic carbocycles. The highest BCUT2D eigenvalue weighted by molar-refractivity contribution is 7.10. The second-order valence-corrected chi connectivity index (χ2v) is 9.39. The van der Waals surface area contributed by atoms with Gasteiger partial charge in [0.1, 0.15) is 11.9 Å². The van der Waals surface area contributed by atoms with Crippen molar-refractivity contribution in [2.24, 2.45) is 0 Å². The monoisotopic (exact) mass is 470 g/mol. The lowest BCUT2D eigenvalue weighted by Crippen LogP contribution is -2.36. The third-order valence-electron chi connectivity index (χ3n) is 6.20. The number of rotatable bonds is 7. The van der Waals surface area contributed by atoms with E-state index in [1.54, 1.807) is 30.4 Å². The maximum absolute atomic E-state index is 13.7. The van der Waals surface area contributed by atoms with E-state index in [2.05, 4.69) is 10.2 Å². The number of piperidine rings is 1. The summed E-state index contributed by atoms with van der Waals surface area (Å²) in [5.41, 5.74) is 1.96. The van der Waals surface area contributed by atoms with Gasteiger partial charge in [-0.25, -0.2) is 9.59 Å². The van der Waals surface area contributed by atoms with E-state index < -0.39 is 17.9 Å². The third-order valence-corrected chi connectivity index (χ3v) is 7.16. The van der Waals surface area contributed by atoms with Crippen molar-refractivity contribution in [3.05, 3.63) is 69.1 Å². The van der Waals surface area contributed by atoms with Crippen LogP contribution in [0, 0.1) is 0 Å². The van der Waals surface area contributed by atoms with Gasteiger partial charge in [-0.15, -0.1) is 11.3 Å². The Morgan fingerprint density at radius 1 is 1.12 bits per heavy atom. The SMILES string of the molecule is COC(=O)C1=C(C)NC(C)=C(C(=O)OC(CN2CCCCC2)c2cccs2)C1c1ccco1. The number of hydrogen-bond donors (Lipinski definition) is 1. The molecule has 2 aromatic heterocycles. The first kappa shape index (κ1) is 23.3. The van der Waals surface area contributed by atoms with Crippen LogP contribution in [0.25, 0.3) is 0 Å². The van der Waals surface area contributed by atoms with Crippen LogP contribution in [0.15, 0.2) is 62.9 Å². The van der Waals surface area contributed by atoms with Crippen molar-refractivity contribution < 1.29 is 23.5 Å². The van der Waals surface area contributed by atoms with Crippen LogP contribution in [0.3, 0.4) is 0 Å². The molecule has 176 valence electrons. The van der Waals surface area contributed by atoms with Crippen molar-refractivity contribution >= 4 is 23.3 Å². The molecular formula is C25H30N2O5S. The average molecular weight is 471 g/mol. The van der Waals surface area contributed by atoms with E-state index in [9.17, 15) is 9.59 Å². The Hall–Kier alpha value is -2.84. The number of ether oxygens (including phenoxy) is 2. The fourth-order valence-corrected chi connectivity index (χ4v) is 5.36. The zero-order valence-electron chi connectivity index (χ0n) is 19.3. The number of dihydropyridines is 1. The van der Waals surface area contributed by atoms with E-state index in [0.717, 1.165) is 30.8 Å². The molecule has 2 aliphatic rings. The van der Waals surface area contributed by atoms with Crippen LogP contribution < -0.4 is 5.32 Å². The Morgan fingerprint density at radius 3 is 2.45 bits per heavy atom. The Morgan fingerprint density at radius 2 is 1.85 bits per heavy atom. The van der Waals surface area contributed by atoms with E-state index in [-0.39, 0.29) is 6.10 Å². The summed E-state index contributed by atoms with van der Waals surface area (Å²) < 4.78 is 16.8. The van der Waals surface area contributed by atoms with Gasteiger partial charge < -0.3 is 19.2 Å². The number of hydrogen-bond acceptors (Lipinski definition) is 8. The Bertz CT molecular complexity index is 1030. The van der Waals surface area contributed by atoms with Crippen LogP contribution in [0.2, 0.25) is 0 Å². The minimum Gasteiger partial charge on any atom is -0.468 e. The fourth-order valence-electron chi connectivity index (χ4n) is 4.61. The molecule has 2 unspecified atom stereocenters. The lowest BCUT2D eigenvalue weighted by molar-refractivity contribution is -0.146. The van der Waals surface area contributed by atoms with Gasteiger partial charge in [-0.3, -0.25) is 4.90 Å². The van der Waals surface area contributed by atoms with E-state index >= 15 is 0 Å². The molecule has 0 saturated carbocycles. The molecule has 4 rings (SSSR count). The van der Waals surface area contributed by atoms with Crippen LogP contribution in [0.4, 0.5) is 0 Å². The summed E-state index contributed by atoms with van der Waals surface area (Å²) in [5.74, 6) is -1.19. The molecule has 1 N–H and O–H groups in total. The molecule has 0 spiro atoms. The lowest BCUT2D eigenvalue weighted by Gasteiger charge is -2.32. The van der Waals surface area contributed by atoms with Gasteiger partial charge in [-0.2, -0.15) is 0 Å². The van der Waals surface area contributed by atoms with Crippen LogP contribution in [-0.2, 0) is 19.1 Å². The Labute approximate surface area is 198 Å². The van der Waals surface area contributed by atoms with Crippen molar-refractivity contribution in [1.29, 1.82) is 0 Å². The molecule has 0 amide bonds. The number of thiophene rings is 1. The van der Waals surface area contributed by atoms with Crippen molar-refractivity contribution in [2.75, 3.05) is 26.7 Å². The minimum atomic E-state index is -0.708. The Kier molecular flexibility index (Phi) is 7.35. The zero-order chi connectivity index (χ0) is 23.4. The number of likely N-dealkylation sites (tertiary alicyclic amines) is 1. The third kappa shape index (κ3) is 5.07. The van der Waals surface area contributed by atoms with Gasteiger partial charge in [-0.1, -0.05) is 12.5 Å². The predicted octanol–water partition coefficient (Wildman–Crippen LogP) is 4.52. The van der Waals surface area contributed by atoms with E-state index in [1.807, 2.05) is 24.4 Å². The van der Waals surface area contributed by atoms with Crippen LogP contribution in [0.1, 0.15) is 55.8 Å². The van der Waals surface area contributed by atoms with E-state index in [0.29, 0.717) is 34.8 Å². The second kappa shape index (κ2) is 10.4. The maximum atomic E-state index is 13.7. The summed E-state index contributed by atoms with van der Waals surface area (Å²) in [6.07, 6.45) is 4.70. The molecule has 1 fully saturated rings. The predicted molar refractivity (Wildman–Crippen MR) is 125 cm³/mol. The summed E-state index contributed by atoms with van der Waals surface area (Å²) in [4.78, 5) is 29.7.